The smallest absolute Gasteiger partial charge is 0.338 e. The molecule has 2 N–H and O–H groups in total. The molecule has 0 atom stereocenters. The van der Waals surface area contributed by atoms with Gasteiger partial charge < -0.3 is 15.0 Å². The lowest BCUT2D eigenvalue weighted by Crippen LogP contribution is -2.22. The number of esters is 1. The molecule has 0 spiro atoms. The van der Waals surface area contributed by atoms with E-state index < -0.39 is 11.9 Å². The molecular weight excluding hydrogens is 443 g/mol. The third-order valence-corrected chi connectivity index (χ3v) is 6.58. The SMILES string of the molecule is O=C(OCc1nnc(C(=O)NCc2ccc(F)cc2)s1)c1ccc2[nH]c3c(c2c1)CCCC3. The van der Waals surface area contributed by atoms with Crippen molar-refractivity contribution in [2.24, 2.45) is 0 Å². The van der Waals surface area contributed by atoms with Gasteiger partial charge in [0.1, 0.15) is 12.4 Å². The molecule has 2 aromatic heterocycles. The van der Waals surface area contributed by atoms with Gasteiger partial charge in [-0.2, -0.15) is 0 Å². The summed E-state index contributed by atoms with van der Waals surface area (Å²) in [5.74, 6) is -1.17. The zero-order valence-electron chi connectivity index (χ0n) is 17.7. The molecule has 0 radical (unpaired) electrons. The minimum atomic E-state index is -0.444. The van der Waals surface area contributed by atoms with E-state index in [1.54, 1.807) is 18.2 Å². The van der Waals surface area contributed by atoms with Crippen LogP contribution >= 0.6 is 11.3 Å². The first-order valence-electron chi connectivity index (χ1n) is 10.7. The molecule has 5 rings (SSSR count). The number of carbonyl (C=O) groups excluding carboxylic acids is 2. The number of H-pyrrole nitrogens is 1. The van der Waals surface area contributed by atoms with Crippen LogP contribution in [-0.4, -0.2) is 27.1 Å². The minimum absolute atomic E-state index is 0.0645. The van der Waals surface area contributed by atoms with Crippen LogP contribution in [0, 0.1) is 5.82 Å². The summed E-state index contributed by atoms with van der Waals surface area (Å²) >= 11 is 1.06. The van der Waals surface area contributed by atoms with E-state index in [0.29, 0.717) is 10.6 Å². The summed E-state index contributed by atoms with van der Waals surface area (Å²) in [7, 11) is 0. The van der Waals surface area contributed by atoms with Gasteiger partial charge in [-0.25, -0.2) is 9.18 Å². The number of carbonyl (C=O) groups is 2. The largest absolute Gasteiger partial charge is 0.455 e. The highest BCUT2D eigenvalue weighted by molar-refractivity contribution is 7.13. The van der Waals surface area contributed by atoms with Gasteiger partial charge in [-0.1, -0.05) is 23.5 Å². The minimum Gasteiger partial charge on any atom is -0.455 e. The van der Waals surface area contributed by atoms with Crippen molar-refractivity contribution < 1.29 is 18.7 Å². The van der Waals surface area contributed by atoms with Crippen LogP contribution in [0.3, 0.4) is 0 Å². The molecule has 9 heteroatoms. The van der Waals surface area contributed by atoms with Gasteiger partial charge >= 0.3 is 5.97 Å². The topological polar surface area (TPSA) is 97.0 Å². The van der Waals surface area contributed by atoms with Crippen molar-refractivity contribution in [3.8, 4) is 0 Å². The van der Waals surface area contributed by atoms with Crippen LogP contribution in [0.15, 0.2) is 42.5 Å². The number of rotatable bonds is 6. The number of hydrogen-bond donors (Lipinski definition) is 2. The van der Waals surface area contributed by atoms with Gasteiger partial charge in [0.15, 0.2) is 5.01 Å². The summed E-state index contributed by atoms with van der Waals surface area (Å²) < 4.78 is 18.4. The number of benzene rings is 2. The Morgan fingerprint density at radius 1 is 1.09 bits per heavy atom. The van der Waals surface area contributed by atoms with E-state index in [9.17, 15) is 14.0 Å². The number of aryl methyl sites for hydroxylation is 2. The summed E-state index contributed by atoms with van der Waals surface area (Å²) in [5.41, 5.74) is 4.85. The first kappa shape index (κ1) is 21.3. The molecule has 4 aromatic rings. The van der Waals surface area contributed by atoms with Gasteiger partial charge in [0.2, 0.25) is 5.01 Å². The molecule has 0 fully saturated rings. The van der Waals surface area contributed by atoms with E-state index in [-0.39, 0.29) is 24.0 Å². The monoisotopic (exact) mass is 464 g/mol. The third kappa shape index (κ3) is 4.63. The van der Waals surface area contributed by atoms with E-state index in [1.807, 2.05) is 12.1 Å². The number of halogens is 1. The first-order valence-corrected chi connectivity index (χ1v) is 11.5. The molecule has 1 aliphatic rings. The van der Waals surface area contributed by atoms with Gasteiger partial charge in [-0.15, -0.1) is 10.2 Å². The Hall–Kier alpha value is -3.59. The highest BCUT2D eigenvalue weighted by Gasteiger charge is 2.18. The van der Waals surface area contributed by atoms with E-state index in [0.717, 1.165) is 47.1 Å². The van der Waals surface area contributed by atoms with E-state index in [1.165, 1.54) is 29.8 Å². The quantitative estimate of drug-likeness (QED) is 0.414. The summed E-state index contributed by atoms with van der Waals surface area (Å²) in [6.07, 6.45) is 4.40. The van der Waals surface area contributed by atoms with Crippen molar-refractivity contribution in [3.05, 3.63) is 80.7 Å². The second-order valence-electron chi connectivity index (χ2n) is 7.94. The zero-order valence-corrected chi connectivity index (χ0v) is 18.5. The Labute approximate surface area is 193 Å². The number of aromatic nitrogens is 3. The van der Waals surface area contributed by atoms with Crippen molar-refractivity contribution in [2.75, 3.05) is 0 Å². The number of fused-ring (bicyclic) bond motifs is 3. The van der Waals surface area contributed by atoms with Gasteiger partial charge in [0.05, 0.1) is 5.56 Å². The summed E-state index contributed by atoms with van der Waals surface area (Å²) in [4.78, 5) is 28.3. The average Bonchev–Trinajstić information content (AvgIpc) is 3.46. The van der Waals surface area contributed by atoms with Crippen LogP contribution in [0.4, 0.5) is 4.39 Å². The number of amides is 1. The van der Waals surface area contributed by atoms with Crippen molar-refractivity contribution in [1.29, 1.82) is 0 Å². The predicted molar refractivity (Wildman–Crippen MR) is 122 cm³/mol. The van der Waals surface area contributed by atoms with Crippen LogP contribution in [0.2, 0.25) is 0 Å². The second kappa shape index (κ2) is 9.11. The van der Waals surface area contributed by atoms with E-state index >= 15 is 0 Å². The summed E-state index contributed by atoms with van der Waals surface area (Å²) in [6, 6.07) is 11.4. The lowest BCUT2D eigenvalue weighted by atomic mass is 9.95. The van der Waals surface area contributed by atoms with E-state index in [4.69, 9.17) is 4.74 Å². The molecule has 1 amide bonds. The Balaban J connectivity index is 1.19. The molecule has 2 aromatic carbocycles. The Morgan fingerprint density at radius 2 is 1.91 bits per heavy atom. The fourth-order valence-corrected chi connectivity index (χ4v) is 4.68. The van der Waals surface area contributed by atoms with Crippen LogP contribution < -0.4 is 5.32 Å². The highest BCUT2D eigenvalue weighted by atomic mass is 32.1. The van der Waals surface area contributed by atoms with Crippen LogP contribution in [0.5, 0.6) is 0 Å². The molecule has 0 aliphatic heterocycles. The predicted octanol–water partition coefficient (Wildman–Crippen LogP) is 4.32. The van der Waals surface area contributed by atoms with Crippen molar-refractivity contribution in [2.45, 2.75) is 38.8 Å². The molecule has 1 aliphatic carbocycles. The average molecular weight is 465 g/mol. The van der Waals surface area contributed by atoms with Crippen molar-refractivity contribution in [1.82, 2.24) is 20.5 Å². The molecule has 0 unspecified atom stereocenters. The van der Waals surface area contributed by atoms with Crippen LogP contribution in [0.25, 0.3) is 10.9 Å². The Kier molecular flexibility index (Phi) is 5.87. The molecule has 0 saturated heterocycles. The molecule has 2 heterocycles. The third-order valence-electron chi connectivity index (χ3n) is 5.69. The fourth-order valence-electron chi connectivity index (χ4n) is 4.01. The van der Waals surface area contributed by atoms with Crippen molar-refractivity contribution >= 4 is 34.1 Å². The molecule has 33 heavy (non-hydrogen) atoms. The first-order chi connectivity index (χ1) is 16.1. The maximum Gasteiger partial charge on any atom is 0.338 e. The summed E-state index contributed by atoms with van der Waals surface area (Å²) in [6.45, 7) is 0.180. The van der Waals surface area contributed by atoms with Gasteiger partial charge in [0, 0.05) is 23.1 Å². The molecule has 0 bridgehead atoms. The summed E-state index contributed by atoms with van der Waals surface area (Å²) in [5, 5.41) is 12.2. The molecular formula is C24H21FN4O3S. The number of nitrogens with one attached hydrogen (secondary N) is 2. The zero-order chi connectivity index (χ0) is 22.8. The van der Waals surface area contributed by atoms with Crippen LogP contribution in [0.1, 0.15) is 54.8 Å². The Morgan fingerprint density at radius 3 is 2.76 bits per heavy atom. The van der Waals surface area contributed by atoms with Gasteiger partial charge in [-0.3, -0.25) is 4.79 Å². The molecule has 168 valence electrons. The highest BCUT2D eigenvalue weighted by Crippen LogP contribution is 2.30. The maximum atomic E-state index is 13.0. The fraction of sp³-hybridized carbons (Fsp3) is 0.250. The lowest BCUT2D eigenvalue weighted by molar-refractivity contribution is 0.0471. The lowest BCUT2D eigenvalue weighted by Gasteiger charge is -2.10. The molecule has 7 nitrogen and oxygen atoms in total. The normalized spacial score (nSPS) is 13.0. The molecule has 0 saturated carbocycles. The standard InChI is InChI=1S/C24H21FN4O3S/c25-16-8-5-14(6-9-16)12-26-22(30)23-29-28-21(33-23)13-32-24(31)15-7-10-20-18(11-15)17-3-1-2-4-19(17)27-20/h5-11,27H,1-4,12-13H2,(H,26,30). The number of ether oxygens (including phenoxy) is 1. The number of nitrogens with zero attached hydrogens (tertiary/aromatic N) is 2. The Bertz CT molecular complexity index is 1330. The maximum absolute atomic E-state index is 13.0. The van der Waals surface area contributed by atoms with Gasteiger partial charge in [0.25, 0.3) is 5.91 Å². The number of aromatic amines is 1. The van der Waals surface area contributed by atoms with Gasteiger partial charge in [-0.05, 0) is 67.1 Å². The van der Waals surface area contributed by atoms with Crippen molar-refractivity contribution in [3.63, 3.8) is 0 Å². The number of hydrogen-bond acceptors (Lipinski definition) is 6. The van der Waals surface area contributed by atoms with E-state index in [2.05, 4.69) is 20.5 Å². The van der Waals surface area contributed by atoms with Crippen LogP contribution in [-0.2, 0) is 30.7 Å². The second-order valence-corrected chi connectivity index (χ2v) is 9.00.